The zero-order valence-corrected chi connectivity index (χ0v) is 38.4. The molecule has 1 heterocycles. The summed E-state index contributed by atoms with van der Waals surface area (Å²) in [4.78, 5) is 95.3. The molecule has 1 aromatic heterocycles. The Morgan fingerprint density at radius 2 is 1.23 bits per heavy atom. The van der Waals surface area contributed by atoms with Crippen LogP contribution in [0.5, 0.6) is 11.5 Å². The maximum Gasteiger partial charge on any atom is 0.414 e. The standard InChI is InChI=1S/C45H57N5O8.2CO2/c1-42(2,3)27-50(26-29-14-13-15-33(24-29)55-28-43(4,5)6)37(51)36-22-18-31-25-34(21-23-35(31)47-36)56-38(52)30-16-19-32(20-17-30)46-39(48-40(53)57-44(7,8)9)49-41(54)58-45(10,11)12;2*2-1-3/h13-25H,26-28H2,1-12H3,(H2,46,48,49,53,54);;. The second-order valence-corrected chi connectivity index (χ2v) is 18.6. The number of hydrogen-bond acceptors (Lipinski definition) is 14. The highest BCUT2D eigenvalue weighted by molar-refractivity contribution is 6.02. The SMILES string of the molecule is CC(C)(C)COc1cccc(CN(CC(C)(C)C)C(=O)c2ccc3cc(OC(=O)c4ccc(N=C(NC(=O)OC(C)(C)C)NC(=O)OC(C)(C)C)cc4)ccc3n2)c1.O=C=O.O=C=O. The molecule has 0 bridgehead atoms. The number of esters is 1. The molecule has 0 aliphatic rings. The Balaban J connectivity index is 0.00000222. The molecule has 0 unspecified atom stereocenters. The van der Waals surface area contributed by atoms with Crippen molar-refractivity contribution in [3.05, 3.63) is 95.7 Å². The molecule has 64 heavy (non-hydrogen) atoms. The molecule has 0 saturated heterocycles. The summed E-state index contributed by atoms with van der Waals surface area (Å²) in [5.41, 5.74) is 0.610. The number of nitrogens with one attached hydrogen (secondary N) is 2. The van der Waals surface area contributed by atoms with Crippen molar-refractivity contribution in [3.8, 4) is 11.5 Å². The normalized spacial score (nSPS) is 11.1. The van der Waals surface area contributed by atoms with Gasteiger partial charge in [0.2, 0.25) is 5.96 Å². The Bertz CT molecular complexity index is 2290. The van der Waals surface area contributed by atoms with Crippen LogP contribution in [0.25, 0.3) is 10.9 Å². The van der Waals surface area contributed by atoms with E-state index in [1.165, 1.54) is 24.3 Å². The zero-order valence-electron chi connectivity index (χ0n) is 38.4. The fourth-order valence-electron chi connectivity index (χ4n) is 5.33. The smallest absolute Gasteiger partial charge is 0.414 e. The first-order chi connectivity index (χ1) is 29.6. The van der Waals surface area contributed by atoms with E-state index in [2.05, 4.69) is 62.2 Å². The number of nitrogens with zero attached hydrogens (tertiary/aromatic N) is 3. The monoisotopic (exact) mass is 883 g/mol. The molecule has 342 valence electrons. The predicted octanol–water partition coefficient (Wildman–Crippen LogP) is 8.44. The van der Waals surface area contributed by atoms with E-state index in [1.54, 1.807) is 76.8 Å². The quantitative estimate of drug-likeness (QED) is 0.0697. The number of hydrogen-bond donors (Lipinski definition) is 2. The van der Waals surface area contributed by atoms with Crippen LogP contribution in [-0.4, -0.2) is 76.6 Å². The summed E-state index contributed by atoms with van der Waals surface area (Å²) in [5.74, 6) is -0.0139. The average molecular weight is 884 g/mol. The van der Waals surface area contributed by atoms with Gasteiger partial charge in [-0.1, -0.05) is 59.7 Å². The summed E-state index contributed by atoms with van der Waals surface area (Å²) in [6.07, 6.45) is -1.17. The minimum absolute atomic E-state index is 0.0132. The first-order valence-corrected chi connectivity index (χ1v) is 20.0. The molecule has 3 amide bonds. The lowest BCUT2D eigenvalue weighted by Gasteiger charge is -2.30. The van der Waals surface area contributed by atoms with Crippen molar-refractivity contribution in [1.82, 2.24) is 20.5 Å². The van der Waals surface area contributed by atoms with Crippen molar-refractivity contribution in [2.45, 2.75) is 101 Å². The van der Waals surface area contributed by atoms with Gasteiger partial charge in [0.05, 0.1) is 23.4 Å². The molecule has 17 heteroatoms. The molecule has 0 radical (unpaired) electrons. The van der Waals surface area contributed by atoms with Crippen LogP contribution in [0.2, 0.25) is 0 Å². The molecule has 0 aliphatic carbocycles. The molecule has 4 rings (SSSR count). The lowest BCUT2D eigenvalue weighted by molar-refractivity contribution is -0.193. The van der Waals surface area contributed by atoms with Gasteiger partial charge in [0.15, 0.2) is 0 Å². The van der Waals surface area contributed by atoms with Crippen LogP contribution in [0.15, 0.2) is 83.9 Å². The highest BCUT2D eigenvalue weighted by atomic mass is 16.6. The van der Waals surface area contributed by atoms with Crippen LogP contribution >= 0.6 is 0 Å². The Kier molecular flexibility index (Phi) is 19.3. The van der Waals surface area contributed by atoms with Crippen LogP contribution in [-0.2, 0) is 35.2 Å². The Hall–Kier alpha value is -7.22. The minimum Gasteiger partial charge on any atom is -0.493 e. The minimum atomic E-state index is -0.835. The third-order valence-electron chi connectivity index (χ3n) is 7.57. The summed E-state index contributed by atoms with van der Waals surface area (Å²) >= 11 is 0. The first kappa shape index (κ1) is 52.9. The number of carbonyl (C=O) groups is 4. The largest absolute Gasteiger partial charge is 0.493 e. The van der Waals surface area contributed by atoms with Gasteiger partial charge in [-0.15, -0.1) is 0 Å². The number of aromatic nitrogens is 1. The van der Waals surface area contributed by atoms with Gasteiger partial charge in [0, 0.05) is 18.5 Å². The number of guanidine groups is 1. The molecule has 0 atom stereocenters. The summed E-state index contributed by atoms with van der Waals surface area (Å²) in [7, 11) is 0. The maximum atomic E-state index is 14.0. The Morgan fingerprint density at radius 3 is 1.75 bits per heavy atom. The number of aliphatic imine (C=N–C) groups is 1. The topological polar surface area (TPSA) is 226 Å². The maximum absolute atomic E-state index is 14.0. The third-order valence-corrected chi connectivity index (χ3v) is 7.57. The van der Waals surface area contributed by atoms with Gasteiger partial charge < -0.3 is 23.8 Å². The summed E-state index contributed by atoms with van der Waals surface area (Å²) in [6, 6.07) is 22.3. The molecule has 3 aromatic carbocycles. The number of fused-ring (bicyclic) bond motifs is 1. The van der Waals surface area contributed by atoms with E-state index >= 15 is 0 Å². The van der Waals surface area contributed by atoms with E-state index in [0.717, 1.165) is 11.3 Å². The van der Waals surface area contributed by atoms with E-state index in [9.17, 15) is 19.2 Å². The Labute approximate surface area is 372 Å². The van der Waals surface area contributed by atoms with Gasteiger partial charge in [-0.3, -0.25) is 15.4 Å². The van der Waals surface area contributed by atoms with Crippen LogP contribution in [0.1, 0.15) is 109 Å². The van der Waals surface area contributed by atoms with E-state index in [0.29, 0.717) is 42.0 Å². The van der Waals surface area contributed by atoms with Crippen molar-refractivity contribution in [2.75, 3.05) is 13.2 Å². The van der Waals surface area contributed by atoms with Crippen molar-refractivity contribution >= 4 is 58.9 Å². The van der Waals surface area contributed by atoms with Gasteiger partial charge in [-0.05, 0) is 119 Å². The van der Waals surface area contributed by atoms with E-state index in [-0.39, 0.29) is 46.3 Å². The van der Waals surface area contributed by atoms with Gasteiger partial charge in [0.1, 0.15) is 28.4 Å². The average Bonchev–Trinajstić information content (AvgIpc) is 3.15. The molecular formula is C47H57N5O12. The first-order valence-electron chi connectivity index (χ1n) is 20.0. The van der Waals surface area contributed by atoms with Crippen LogP contribution in [0.3, 0.4) is 0 Å². The number of pyridine rings is 1. The number of carbonyl (C=O) groups excluding carboxylic acids is 8. The number of alkyl carbamates (subject to hydrolysis) is 2. The van der Waals surface area contributed by atoms with E-state index in [1.807, 2.05) is 24.3 Å². The molecule has 17 nitrogen and oxygen atoms in total. The van der Waals surface area contributed by atoms with Gasteiger partial charge in [-0.25, -0.2) is 24.4 Å². The number of ether oxygens (including phenoxy) is 4. The van der Waals surface area contributed by atoms with Gasteiger partial charge in [-0.2, -0.15) is 19.2 Å². The van der Waals surface area contributed by atoms with Crippen LogP contribution in [0, 0.1) is 10.8 Å². The summed E-state index contributed by atoms with van der Waals surface area (Å²) in [5, 5.41) is 5.52. The second-order valence-electron chi connectivity index (χ2n) is 18.6. The molecule has 4 aromatic rings. The van der Waals surface area contributed by atoms with E-state index < -0.39 is 29.4 Å². The fraction of sp³-hybridized carbons (Fsp3) is 0.404. The van der Waals surface area contributed by atoms with Gasteiger partial charge in [0.25, 0.3) is 5.91 Å². The van der Waals surface area contributed by atoms with Gasteiger partial charge >= 0.3 is 30.5 Å². The predicted molar refractivity (Wildman–Crippen MR) is 235 cm³/mol. The highest BCUT2D eigenvalue weighted by Gasteiger charge is 2.25. The lowest BCUT2D eigenvalue weighted by Crippen LogP contribution is -2.47. The summed E-state index contributed by atoms with van der Waals surface area (Å²) < 4.78 is 22.3. The number of amides is 3. The molecule has 0 aliphatic heterocycles. The zero-order chi connectivity index (χ0) is 48.5. The van der Waals surface area contributed by atoms with Crippen molar-refractivity contribution in [1.29, 1.82) is 0 Å². The van der Waals surface area contributed by atoms with Crippen molar-refractivity contribution in [2.24, 2.45) is 15.8 Å². The highest BCUT2D eigenvalue weighted by Crippen LogP contribution is 2.26. The van der Waals surface area contributed by atoms with E-state index in [4.69, 9.17) is 38.1 Å². The lowest BCUT2D eigenvalue weighted by atomic mass is 9.95. The molecule has 2 N–H and O–H groups in total. The fourth-order valence-corrected chi connectivity index (χ4v) is 5.33. The molecule has 0 saturated carbocycles. The number of rotatable bonds is 9. The van der Waals surface area contributed by atoms with Crippen LogP contribution < -0.4 is 20.1 Å². The van der Waals surface area contributed by atoms with Crippen LogP contribution in [0.4, 0.5) is 15.3 Å². The van der Waals surface area contributed by atoms with Crippen molar-refractivity contribution in [3.63, 3.8) is 0 Å². The Morgan fingerprint density at radius 1 is 0.672 bits per heavy atom. The summed E-state index contributed by atoms with van der Waals surface area (Å²) in [6.45, 7) is 24.3. The third kappa shape index (κ3) is 20.6. The molecule has 0 fully saturated rings. The number of benzene rings is 3. The molecular weight excluding hydrogens is 827 g/mol. The second kappa shape index (κ2) is 23.3. The molecule has 0 spiro atoms. The van der Waals surface area contributed by atoms with Crippen molar-refractivity contribution < 1.29 is 57.3 Å².